The quantitative estimate of drug-likeness (QED) is 0.465. The van der Waals surface area contributed by atoms with E-state index in [0.29, 0.717) is 57.0 Å². The first kappa shape index (κ1) is 23.5. The van der Waals surface area contributed by atoms with Crippen molar-refractivity contribution in [1.82, 2.24) is 14.8 Å². The highest BCUT2D eigenvalue weighted by Gasteiger charge is 2.27. The van der Waals surface area contributed by atoms with Gasteiger partial charge in [0, 0.05) is 67.5 Å². The summed E-state index contributed by atoms with van der Waals surface area (Å²) in [5, 5.41) is 1.17. The number of methoxy groups -OCH3 is 1. The van der Waals surface area contributed by atoms with E-state index in [4.69, 9.17) is 32.4 Å². The Hall–Kier alpha value is -2.61. The summed E-state index contributed by atoms with van der Waals surface area (Å²) in [4.78, 5) is 34.4. The van der Waals surface area contributed by atoms with Crippen molar-refractivity contribution in [2.75, 3.05) is 33.3 Å². The topological polar surface area (TPSA) is 75.9 Å². The number of nitrogens with zero attached hydrogens (tertiary/aromatic N) is 3. The van der Waals surface area contributed by atoms with Gasteiger partial charge in [-0.2, -0.15) is 0 Å². The maximum Gasteiger partial charge on any atom is 0.289 e. The van der Waals surface area contributed by atoms with Crippen LogP contribution >= 0.6 is 23.2 Å². The van der Waals surface area contributed by atoms with Crippen LogP contribution in [0.2, 0.25) is 10.0 Å². The van der Waals surface area contributed by atoms with Gasteiger partial charge in [-0.3, -0.25) is 19.5 Å². The molecule has 9 heteroatoms. The Kier molecular flexibility index (Phi) is 6.93. The van der Waals surface area contributed by atoms with Crippen LogP contribution in [-0.2, 0) is 6.42 Å². The number of hydrogen-bond donors (Lipinski definition) is 0. The van der Waals surface area contributed by atoms with Crippen molar-refractivity contribution < 1.29 is 18.7 Å². The Labute approximate surface area is 202 Å². The van der Waals surface area contributed by atoms with E-state index in [0.717, 1.165) is 13.1 Å². The van der Waals surface area contributed by atoms with E-state index in [1.807, 2.05) is 0 Å². The fourth-order valence-corrected chi connectivity index (χ4v) is 4.57. The van der Waals surface area contributed by atoms with Gasteiger partial charge in [-0.15, -0.1) is 0 Å². The van der Waals surface area contributed by atoms with Gasteiger partial charge in [-0.25, -0.2) is 0 Å². The van der Waals surface area contributed by atoms with E-state index < -0.39 is 0 Å². The summed E-state index contributed by atoms with van der Waals surface area (Å²) in [6, 6.07) is 5.38. The number of pyridine rings is 1. The maximum atomic E-state index is 13.2. The fourth-order valence-electron chi connectivity index (χ4n) is 4.07. The van der Waals surface area contributed by atoms with Gasteiger partial charge >= 0.3 is 0 Å². The van der Waals surface area contributed by atoms with Gasteiger partial charge in [0.25, 0.3) is 5.91 Å². The van der Waals surface area contributed by atoms with Crippen LogP contribution in [0.5, 0.6) is 5.75 Å². The molecule has 4 rings (SSSR count). The third-order valence-corrected chi connectivity index (χ3v) is 6.65. The highest BCUT2D eigenvalue weighted by Crippen LogP contribution is 2.34. The monoisotopic (exact) mass is 489 g/mol. The Morgan fingerprint density at radius 3 is 2.39 bits per heavy atom. The number of Topliss-reactive ketones (excluding diaryl/α,β-unsaturated/α-hetero) is 1. The fraction of sp³-hybridized carbons (Fsp3) is 0.375. The molecule has 0 radical (unpaired) electrons. The first-order chi connectivity index (χ1) is 15.8. The summed E-state index contributed by atoms with van der Waals surface area (Å²) >= 11 is 12.4. The van der Waals surface area contributed by atoms with Crippen LogP contribution in [-0.4, -0.2) is 65.8 Å². The summed E-state index contributed by atoms with van der Waals surface area (Å²) in [6.07, 6.45) is 2.90. The van der Waals surface area contributed by atoms with Crippen LogP contribution in [0.3, 0.4) is 0 Å². The second-order valence-electron chi connectivity index (χ2n) is 8.27. The number of hydrogen-bond acceptors (Lipinski definition) is 6. The molecule has 1 aliphatic rings. The minimum atomic E-state index is -0.206. The number of fused-ring (bicyclic) bond motifs is 1. The van der Waals surface area contributed by atoms with Gasteiger partial charge in [-0.1, -0.05) is 23.2 Å². The molecule has 3 aromatic rings. The molecule has 0 atom stereocenters. The highest BCUT2D eigenvalue weighted by atomic mass is 35.5. The molecule has 1 amide bonds. The lowest BCUT2D eigenvalue weighted by molar-refractivity contribution is 0.0568. The Bertz CT molecular complexity index is 1180. The lowest BCUT2D eigenvalue weighted by atomic mass is 10.00. The average molecular weight is 490 g/mol. The number of carbonyl (C=O) groups is 2. The van der Waals surface area contributed by atoms with Crippen LogP contribution < -0.4 is 4.74 Å². The van der Waals surface area contributed by atoms with Crippen molar-refractivity contribution in [3.63, 3.8) is 0 Å². The zero-order valence-electron chi connectivity index (χ0n) is 18.7. The number of ether oxygens (including phenoxy) is 1. The highest BCUT2D eigenvalue weighted by molar-refractivity contribution is 6.36. The van der Waals surface area contributed by atoms with E-state index in [-0.39, 0.29) is 23.9 Å². The van der Waals surface area contributed by atoms with E-state index >= 15 is 0 Å². The minimum Gasteiger partial charge on any atom is -0.493 e. The molecule has 1 fully saturated rings. The van der Waals surface area contributed by atoms with Gasteiger partial charge in [0.1, 0.15) is 0 Å². The molecule has 1 saturated heterocycles. The number of amides is 1. The summed E-state index contributed by atoms with van der Waals surface area (Å²) in [5.74, 6) is 0.227. The van der Waals surface area contributed by atoms with E-state index in [1.165, 1.54) is 19.5 Å². The molecular weight excluding hydrogens is 465 g/mol. The first-order valence-corrected chi connectivity index (χ1v) is 11.5. The van der Waals surface area contributed by atoms with Crippen LogP contribution in [0.25, 0.3) is 11.0 Å². The number of piperazine rings is 1. The van der Waals surface area contributed by atoms with Crippen molar-refractivity contribution in [3.05, 3.63) is 57.5 Å². The standard InChI is InChI=1S/C24H25Cl2N3O4/c1-14(2)28-6-8-29(9-7-28)24(31)22-11-16-15(4-5-21(32-3)23(16)33-22)20(30)10-17-18(25)12-27-13-19(17)26/h4-5,11-14H,6-10H2,1-3H3. The molecular formula is C24H25Cl2N3O4. The zero-order chi connectivity index (χ0) is 23.7. The van der Waals surface area contributed by atoms with Gasteiger partial charge in [0.15, 0.2) is 22.9 Å². The Morgan fingerprint density at radius 1 is 1.12 bits per heavy atom. The van der Waals surface area contributed by atoms with Crippen molar-refractivity contribution in [1.29, 1.82) is 0 Å². The maximum absolute atomic E-state index is 13.2. The molecule has 1 aromatic carbocycles. The molecule has 33 heavy (non-hydrogen) atoms. The van der Waals surface area contributed by atoms with E-state index in [2.05, 4.69) is 23.7 Å². The zero-order valence-corrected chi connectivity index (χ0v) is 20.2. The predicted octanol–water partition coefficient (Wildman–Crippen LogP) is 4.73. The molecule has 3 heterocycles. The second-order valence-corrected chi connectivity index (χ2v) is 9.09. The van der Waals surface area contributed by atoms with Gasteiger partial charge in [0.05, 0.1) is 17.2 Å². The normalized spacial score (nSPS) is 14.8. The summed E-state index contributed by atoms with van der Waals surface area (Å²) in [7, 11) is 1.52. The average Bonchev–Trinajstić information content (AvgIpc) is 3.26. The van der Waals surface area contributed by atoms with Crippen LogP contribution in [0.1, 0.15) is 40.3 Å². The third-order valence-electron chi connectivity index (χ3n) is 6.00. The van der Waals surface area contributed by atoms with Crippen molar-refractivity contribution in [3.8, 4) is 5.75 Å². The molecule has 0 bridgehead atoms. The van der Waals surface area contributed by atoms with Crippen molar-refractivity contribution in [2.24, 2.45) is 0 Å². The molecule has 0 N–H and O–H groups in total. The SMILES string of the molecule is COc1ccc(C(=O)Cc2c(Cl)cncc2Cl)c2cc(C(=O)N3CCN(C(C)C)CC3)oc12. The molecule has 2 aromatic heterocycles. The largest absolute Gasteiger partial charge is 0.493 e. The molecule has 7 nitrogen and oxygen atoms in total. The molecule has 0 spiro atoms. The summed E-state index contributed by atoms with van der Waals surface area (Å²) in [6.45, 7) is 7.15. The molecule has 0 aliphatic carbocycles. The summed E-state index contributed by atoms with van der Waals surface area (Å²) in [5.41, 5.74) is 1.27. The Balaban J connectivity index is 1.64. The first-order valence-electron chi connectivity index (χ1n) is 10.7. The third kappa shape index (κ3) is 4.71. The van der Waals surface area contributed by atoms with E-state index in [9.17, 15) is 9.59 Å². The van der Waals surface area contributed by atoms with Gasteiger partial charge < -0.3 is 14.1 Å². The smallest absolute Gasteiger partial charge is 0.289 e. The van der Waals surface area contributed by atoms with Gasteiger partial charge in [0.2, 0.25) is 0 Å². The number of ketones is 1. The van der Waals surface area contributed by atoms with E-state index in [1.54, 1.807) is 23.1 Å². The van der Waals surface area contributed by atoms with Crippen molar-refractivity contribution >= 4 is 45.9 Å². The second kappa shape index (κ2) is 9.71. The number of carbonyl (C=O) groups excluding carboxylic acids is 2. The molecule has 0 unspecified atom stereocenters. The minimum absolute atomic E-state index is 0.00671. The van der Waals surface area contributed by atoms with Crippen LogP contribution in [0.15, 0.2) is 35.0 Å². The lowest BCUT2D eigenvalue weighted by Crippen LogP contribution is -2.50. The Morgan fingerprint density at radius 2 is 1.79 bits per heavy atom. The number of rotatable bonds is 6. The molecule has 1 aliphatic heterocycles. The van der Waals surface area contributed by atoms with Crippen LogP contribution in [0, 0.1) is 0 Å². The summed E-state index contributed by atoms with van der Waals surface area (Å²) < 4.78 is 11.3. The number of aromatic nitrogens is 1. The lowest BCUT2D eigenvalue weighted by Gasteiger charge is -2.36. The van der Waals surface area contributed by atoms with Crippen molar-refractivity contribution in [2.45, 2.75) is 26.3 Å². The number of benzene rings is 1. The number of halogens is 2. The predicted molar refractivity (Wildman–Crippen MR) is 128 cm³/mol. The molecule has 0 saturated carbocycles. The number of furan rings is 1. The molecule has 174 valence electrons. The van der Waals surface area contributed by atoms with Crippen LogP contribution in [0.4, 0.5) is 0 Å². The van der Waals surface area contributed by atoms with Gasteiger partial charge in [-0.05, 0) is 32.0 Å².